The molecule has 7 rings (SSSR count). The Hall–Kier alpha value is -4.93. The predicted octanol–water partition coefficient (Wildman–Crippen LogP) is 7.81. The first kappa shape index (κ1) is 40.3. The molecule has 4 heterocycles. The summed E-state index contributed by atoms with van der Waals surface area (Å²) in [7, 11) is 2.00. The van der Waals surface area contributed by atoms with Gasteiger partial charge in [0.05, 0.1) is 18.8 Å². The molecule has 1 aromatic heterocycles. The molecule has 3 aliphatic heterocycles. The molecule has 0 saturated carbocycles. The SMILES string of the molecule is CCCCN(CCCC)C(=O)c1cc(-c2cc3c(cc2C(=O)N2Cc4ccccc4C[C@H]2CN2CCOCC2)CN(C(=O)Oc2ccccc2C)CC3)n(C)c1C. The number of hydrogen-bond donors (Lipinski definition) is 0. The van der Waals surface area contributed by atoms with Crippen molar-refractivity contribution in [3.8, 4) is 17.0 Å². The van der Waals surface area contributed by atoms with Crippen LogP contribution in [0, 0.1) is 13.8 Å². The highest BCUT2D eigenvalue weighted by molar-refractivity contribution is 6.03. The number of aromatic nitrogens is 1. The van der Waals surface area contributed by atoms with Crippen molar-refractivity contribution in [2.45, 2.75) is 85.4 Å². The number of aryl methyl sites for hydroxylation is 1. The van der Waals surface area contributed by atoms with Crippen LogP contribution in [0.4, 0.5) is 4.79 Å². The van der Waals surface area contributed by atoms with Gasteiger partial charge in [0.1, 0.15) is 5.75 Å². The Morgan fingerprint density at radius 1 is 0.807 bits per heavy atom. The van der Waals surface area contributed by atoms with Gasteiger partial charge >= 0.3 is 6.09 Å². The van der Waals surface area contributed by atoms with E-state index in [4.69, 9.17) is 9.47 Å². The molecule has 4 aromatic rings. The maximum absolute atomic E-state index is 15.4. The summed E-state index contributed by atoms with van der Waals surface area (Å²) in [6.07, 6.45) is 4.93. The van der Waals surface area contributed by atoms with Crippen molar-refractivity contribution in [2.75, 3.05) is 52.5 Å². The van der Waals surface area contributed by atoms with E-state index in [1.165, 1.54) is 5.56 Å². The van der Waals surface area contributed by atoms with Gasteiger partial charge in [0.25, 0.3) is 11.8 Å². The Morgan fingerprint density at radius 2 is 1.51 bits per heavy atom. The molecule has 302 valence electrons. The molecular formula is C47H59N5O5. The van der Waals surface area contributed by atoms with Crippen molar-refractivity contribution in [1.82, 2.24) is 24.2 Å². The van der Waals surface area contributed by atoms with E-state index in [-0.39, 0.29) is 17.9 Å². The number of nitrogens with zero attached hydrogens (tertiary/aromatic N) is 5. The summed E-state index contributed by atoms with van der Waals surface area (Å²) in [5.41, 5.74) is 9.17. The Kier molecular flexibility index (Phi) is 12.8. The molecule has 1 atom stereocenters. The van der Waals surface area contributed by atoms with Gasteiger partial charge in [-0.05, 0) is 91.6 Å². The molecule has 10 heteroatoms. The first-order chi connectivity index (χ1) is 27.7. The second kappa shape index (κ2) is 18.1. The van der Waals surface area contributed by atoms with Crippen molar-refractivity contribution < 1.29 is 23.9 Å². The molecule has 3 aliphatic rings. The number of rotatable bonds is 12. The molecule has 0 N–H and O–H groups in total. The minimum absolute atomic E-state index is 0.0343. The minimum Gasteiger partial charge on any atom is -0.410 e. The second-order valence-corrected chi connectivity index (χ2v) is 16.0. The van der Waals surface area contributed by atoms with Crippen LogP contribution >= 0.6 is 0 Å². The Bertz CT molecular complexity index is 2080. The quantitative estimate of drug-likeness (QED) is 0.146. The van der Waals surface area contributed by atoms with Crippen molar-refractivity contribution >= 4 is 17.9 Å². The van der Waals surface area contributed by atoms with Gasteiger partial charge in [-0.2, -0.15) is 0 Å². The molecule has 0 unspecified atom stereocenters. The maximum atomic E-state index is 15.4. The average molecular weight is 774 g/mol. The normalized spacial score (nSPS) is 16.9. The van der Waals surface area contributed by atoms with Crippen molar-refractivity contribution in [3.63, 3.8) is 0 Å². The van der Waals surface area contributed by atoms with E-state index in [1.807, 2.05) is 68.3 Å². The first-order valence-electron chi connectivity index (χ1n) is 21.0. The minimum atomic E-state index is -0.401. The van der Waals surface area contributed by atoms with Crippen molar-refractivity contribution in [2.24, 2.45) is 7.05 Å². The zero-order chi connectivity index (χ0) is 40.1. The van der Waals surface area contributed by atoms with E-state index in [1.54, 1.807) is 4.90 Å². The third-order valence-corrected chi connectivity index (χ3v) is 12.2. The molecule has 0 radical (unpaired) electrons. The number of benzene rings is 3. The zero-order valence-corrected chi connectivity index (χ0v) is 34.5. The van der Waals surface area contributed by atoms with Gasteiger partial charge in [-0.3, -0.25) is 14.5 Å². The lowest BCUT2D eigenvalue weighted by atomic mass is 9.89. The van der Waals surface area contributed by atoms with Gasteiger partial charge in [0.2, 0.25) is 0 Å². The molecule has 1 fully saturated rings. The molecule has 3 aromatic carbocycles. The fraction of sp³-hybridized carbons (Fsp3) is 0.468. The summed E-state index contributed by atoms with van der Waals surface area (Å²) >= 11 is 0. The van der Waals surface area contributed by atoms with Crippen LogP contribution in [0.15, 0.2) is 66.7 Å². The van der Waals surface area contributed by atoms with Crippen LogP contribution in [0.1, 0.15) is 93.8 Å². The van der Waals surface area contributed by atoms with Crippen LogP contribution in [0.3, 0.4) is 0 Å². The van der Waals surface area contributed by atoms with Crippen LogP contribution in [0.5, 0.6) is 5.75 Å². The van der Waals surface area contributed by atoms with E-state index >= 15 is 4.79 Å². The largest absolute Gasteiger partial charge is 0.415 e. The molecule has 0 bridgehead atoms. The third kappa shape index (κ3) is 8.82. The molecule has 10 nitrogen and oxygen atoms in total. The number of fused-ring (bicyclic) bond motifs is 2. The number of morpholine rings is 1. The van der Waals surface area contributed by atoms with E-state index in [0.717, 1.165) is 104 Å². The zero-order valence-electron chi connectivity index (χ0n) is 34.5. The maximum Gasteiger partial charge on any atom is 0.415 e. The van der Waals surface area contributed by atoms with Crippen LogP contribution in [-0.2, 0) is 37.7 Å². The summed E-state index contributed by atoms with van der Waals surface area (Å²) < 4.78 is 13.6. The smallest absolute Gasteiger partial charge is 0.410 e. The Balaban J connectivity index is 1.29. The van der Waals surface area contributed by atoms with Crippen molar-refractivity contribution in [1.29, 1.82) is 0 Å². The topological polar surface area (TPSA) is 87.6 Å². The van der Waals surface area contributed by atoms with E-state index in [0.29, 0.717) is 56.1 Å². The summed E-state index contributed by atoms with van der Waals surface area (Å²) in [5.74, 6) is 0.547. The van der Waals surface area contributed by atoms with Crippen LogP contribution in [-0.4, -0.2) is 101 Å². The highest BCUT2D eigenvalue weighted by atomic mass is 16.6. The highest BCUT2D eigenvalue weighted by Gasteiger charge is 2.35. The highest BCUT2D eigenvalue weighted by Crippen LogP contribution is 2.36. The van der Waals surface area contributed by atoms with Crippen LogP contribution in [0.2, 0.25) is 0 Å². The Labute approximate surface area is 338 Å². The number of ether oxygens (including phenoxy) is 2. The number of carbonyl (C=O) groups is 3. The van der Waals surface area contributed by atoms with E-state index < -0.39 is 6.09 Å². The molecule has 0 spiro atoms. The average Bonchev–Trinajstić information content (AvgIpc) is 3.53. The van der Waals surface area contributed by atoms with Gasteiger partial charge in [0, 0.05) is 88.0 Å². The molecule has 3 amide bonds. The molecular weight excluding hydrogens is 715 g/mol. The number of amides is 3. The molecule has 0 aliphatic carbocycles. The standard InChI is InChI=1S/C47H59N5O5/c1-6-8-19-50(20-9-7-2)45(53)40-29-43(48(5)34(40)4)41-27-36-18-21-51(47(55)57-44-17-13-10-14-33(44)3)30-38(36)28-42(41)46(54)52-31-37-16-12-11-15-35(37)26-39(52)32-49-22-24-56-25-23-49/h10-17,27-29,39H,6-9,18-26,30-32H2,1-5H3/t39-/m0/s1. The van der Waals surface area contributed by atoms with Gasteiger partial charge in [-0.1, -0.05) is 69.2 Å². The van der Waals surface area contributed by atoms with Gasteiger partial charge in [-0.25, -0.2) is 4.79 Å². The second-order valence-electron chi connectivity index (χ2n) is 16.0. The lowest BCUT2D eigenvalue weighted by molar-refractivity contribution is 0.0193. The van der Waals surface area contributed by atoms with Crippen molar-refractivity contribution in [3.05, 3.63) is 111 Å². The van der Waals surface area contributed by atoms with E-state index in [9.17, 15) is 9.59 Å². The fourth-order valence-corrected chi connectivity index (χ4v) is 8.57. The summed E-state index contributed by atoms with van der Waals surface area (Å²) in [5, 5.41) is 0. The lowest BCUT2D eigenvalue weighted by Crippen LogP contribution is -2.52. The van der Waals surface area contributed by atoms with Crippen LogP contribution in [0.25, 0.3) is 11.3 Å². The van der Waals surface area contributed by atoms with E-state index in [2.05, 4.69) is 52.5 Å². The van der Waals surface area contributed by atoms with Gasteiger partial charge in [0.15, 0.2) is 0 Å². The molecule has 1 saturated heterocycles. The van der Waals surface area contributed by atoms with Gasteiger partial charge in [-0.15, -0.1) is 0 Å². The first-order valence-corrected chi connectivity index (χ1v) is 21.0. The summed E-state index contributed by atoms with van der Waals surface area (Å²) in [6.45, 7) is 14.9. The number of carbonyl (C=O) groups excluding carboxylic acids is 3. The monoisotopic (exact) mass is 773 g/mol. The number of unbranched alkanes of at least 4 members (excludes halogenated alkanes) is 2. The third-order valence-electron chi connectivity index (χ3n) is 12.2. The van der Waals surface area contributed by atoms with Crippen LogP contribution < -0.4 is 4.74 Å². The number of para-hydroxylation sites is 1. The fourth-order valence-electron chi connectivity index (χ4n) is 8.57. The lowest BCUT2D eigenvalue weighted by Gasteiger charge is -2.41. The summed E-state index contributed by atoms with van der Waals surface area (Å²) in [6, 6.07) is 22.1. The summed E-state index contributed by atoms with van der Waals surface area (Å²) in [4.78, 5) is 51.4. The predicted molar refractivity (Wildman–Crippen MR) is 224 cm³/mol. The molecule has 57 heavy (non-hydrogen) atoms. The van der Waals surface area contributed by atoms with Gasteiger partial charge < -0.3 is 28.7 Å². The Morgan fingerprint density at radius 3 is 2.23 bits per heavy atom. The number of hydrogen-bond acceptors (Lipinski definition) is 6.